The van der Waals surface area contributed by atoms with Crippen molar-refractivity contribution in [3.63, 3.8) is 0 Å². The van der Waals surface area contributed by atoms with E-state index >= 15 is 0 Å². The largest absolute Gasteiger partial charge is 0.477 e. The quantitative estimate of drug-likeness (QED) is 0.842. The van der Waals surface area contributed by atoms with E-state index in [0.717, 1.165) is 24.4 Å². The van der Waals surface area contributed by atoms with E-state index in [1.807, 2.05) is 7.05 Å². The van der Waals surface area contributed by atoms with Gasteiger partial charge in [0, 0.05) is 19.6 Å². The van der Waals surface area contributed by atoms with Crippen molar-refractivity contribution in [1.29, 1.82) is 0 Å². The van der Waals surface area contributed by atoms with Gasteiger partial charge < -0.3 is 20.1 Å². The van der Waals surface area contributed by atoms with Crippen molar-refractivity contribution in [1.82, 2.24) is 10.2 Å². The fourth-order valence-electron chi connectivity index (χ4n) is 1.86. The normalized spacial score (nSPS) is 20.2. The van der Waals surface area contributed by atoms with E-state index in [1.54, 1.807) is 0 Å². The van der Waals surface area contributed by atoms with Crippen LogP contribution in [0.15, 0.2) is 12.1 Å². The molecule has 7 heteroatoms. The van der Waals surface area contributed by atoms with Gasteiger partial charge in [-0.15, -0.1) is 11.3 Å². The first-order chi connectivity index (χ1) is 9.06. The minimum absolute atomic E-state index is 0.0124. The fraction of sp³-hybridized carbons (Fsp3) is 0.500. The van der Waals surface area contributed by atoms with Crippen LogP contribution in [0.5, 0.6) is 0 Å². The Morgan fingerprint density at radius 1 is 1.53 bits per heavy atom. The summed E-state index contributed by atoms with van der Waals surface area (Å²) in [5.74, 6) is -1.27. The second-order valence-corrected chi connectivity index (χ2v) is 5.52. The molecule has 2 rings (SSSR count). The number of carboxylic acids is 1. The highest BCUT2D eigenvalue weighted by Crippen LogP contribution is 2.16. The van der Waals surface area contributed by atoms with Crippen LogP contribution in [-0.2, 0) is 4.74 Å². The molecule has 6 nitrogen and oxygen atoms in total. The predicted molar refractivity (Wildman–Crippen MR) is 70.8 cm³/mol. The van der Waals surface area contributed by atoms with Gasteiger partial charge in [-0.05, 0) is 19.2 Å². The van der Waals surface area contributed by atoms with Crippen LogP contribution in [-0.4, -0.2) is 61.3 Å². The molecule has 0 bridgehead atoms. The first-order valence-corrected chi connectivity index (χ1v) is 6.79. The van der Waals surface area contributed by atoms with E-state index in [1.165, 1.54) is 12.1 Å². The first-order valence-electron chi connectivity index (χ1n) is 5.97. The molecule has 1 unspecified atom stereocenters. The minimum Gasteiger partial charge on any atom is -0.477 e. The predicted octanol–water partition coefficient (Wildman–Crippen LogP) is 0.507. The average Bonchev–Trinajstić information content (AvgIpc) is 2.86. The Hall–Kier alpha value is -1.44. The first kappa shape index (κ1) is 14.0. The Morgan fingerprint density at radius 3 is 2.89 bits per heavy atom. The van der Waals surface area contributed by atoms with Gasteiger partial charge in [-0.2, -0.15) is 0 Å². The van der Waals surface area contributed by atoms with E-state index < -0.39 is 5.97 Å². The number of likely N-dealkylation sites (N-methyl/N-ethyl adjacent to an activating group) is 1. The van der Waals surface area contributed by atoms with Crippen LogP contribution in [0, 0.1) is 0 Å². The monoisotopic (exact) mass is 284 g/mol. The molecular formula is C12H16N2O4S. The van der Waals surface area contributed by atoms with E-state index in [9.17, 15) is 9.59 Å². The molecule has 1 amide bonds. The van der Waals surface area contributed by atoms with Crippen LogP contribution in [0.25, 0.3) is 0 Å². The zero-order valence-corrected chi connectivity index (χ0v) is 11.4. The molecule has 1 aliphatic rings. The van der Waals surface area contributed by atoms with Gasteiger partial charge in [0.05, 0.1) is 17.6 Å². The summed E-state index contributed by atoms with van der Waals surface area (Å²) >= 11 is 0.973. The van der Waals surface area contributed by atoms with Gasteiger partial charge in [0.15, 0.2) is 0 Å². The fourth-order valence-corrected chi connectivity index (χ4v) is 2.62. The summed E-state index contributed by atoms with van der Waals surface area (Å²) in [5, 5.41) is 11.6. The van der Waals surface area contributed by atoms with Crippen molar-refractivity contribution in [3.05, 3.63) is 21.9 Å². The second kappa shape index (κ2) is 6.14. The number of ether oxygens (including phenoxy) is 1. The van der Waals surface area contributed by atoms with Gasteiger partial charge in [0.1, 0.15) is 4.88 Å². The van der Waals surface area contributed by atoms with Crippen molar-refractivity contribution in [2.45, 2.75) is 6.10 Å². The number of hydrogen-bond donors (Lipinski definition) is 2. The number of carbonyl (C=O) groups is 2. The van der Waals surface area contributed by atoms with Gasteiger partial charge in [0.2, 0.25) is 0 Å². The summed E-state index contributed by atoms with van der Waals surface area (Å²) in [6.45, 7) is 2.78. The maximum atomic E-state index is 11.8. The van der Waals surface area contributed by atoms with Crippen LogP contribution in [0.2, 0.25) is 0 Å². The molecule has 1 saturated heterocycles. The minimum atomic E-state index is -1.01. The van der Waals surface area contributed by atoms with Crippen LogP contribution < -0.4 is 5.32 Å². The molecule has 19 heavy (non-hydrogen) atoms. The smallest absolute Gasteiger partial charge is 0.345 e. The lowest BCUT2D eigenvalue weighted by atomic mass is 10.3. The maximum absolute atomic E-state index is 11.8. The van der Waals surface area contributed by atoms with Gasteiger partial charge in [-0.25, -0.2) is 4.79 Å². The number of amides is 1. The molecule has 2 heterocycles. The van der Waals surface area contributed by atoms with Crippen molar-refractivity contribution >= 4 is 23.2 Å². The number of aromatic carboxylic acids is 1. The molecule has 0 aromatic carbocycles. The lowest BCUT2D eigenvalue weighted by Crippen LogP contribution is -2.45. The molecule has 104 valence electrons. The molecule has 1 atom stereocenters. The Morgan fingerprint density at radius 2 is 2.26 bits per heavy atom. The van der Waals surface area contributed by atoms with Gasteiger partial charge >= 0.3 is 5.97 Å². The number of nitrogens with one attached hydrogen (secondary N) is 1. The molecule has 0 radical (unpaired) electrons. The third kappa shape index (κ3) is 3.76. The van der Waals surface area contributed by atoms with E-state index in [0.29, 0.717) is 18.0 Å². The molecule has 1 fully saturated rings. The zero-order chi connectivity index (χ0) is 13.8. The van der Waals surface area contributed by atoms with Crippen LogP contribution in [0.4, 0.5) is 0 Å². The van der Waals surface area contributed by atoms with Gasteiger partial charge in [-0.1, -0.05) is 0 Å². The number of hydrogen-bond acceptors (Lipinski definition) is 5. The third-order valence-corrected chi connectivity index (χ3v) is 3.94. The van der Waals surface area contributed by atoms with Crippen molar-refractivity contribution < 1.29 is 19.4 Å². The van der Waals surface area contributed by atoms with E-state index in [2.05, 4.69) is 10.2 Å². The number of nitrogens with zero attached hydrogens (tertiary/aromatic N) is 1. The maximum Gasteiger partial charge on any atom is 0.345 e. The lowest BCUT2D eigenvalue weighted by Gasteiger charge is -2.30. The Balaban J connectivity index is 1.85. The number of morpholine rings is 1. The molecule has 1 aromatic rings. The highest BCUT2D eigenvalue weighted by Gasteiger charge is 2.19. The summed E-state index contributed by atoms with van der Waals surface area (Å²) in [5.41, 5.74) is 0. The lowest BCUT2D eigenvalue weighted by molar-refractivity contribution is -0.0174. The highest BCUT2D eigenvalue weighted by atomic mass is 32.1. The SMILES string of the molecule is CN1CCOC(CNC(=O)c2ccc(C(=O)O)s2)C1. The molecule has 1 aliphatic heterocycles. The highest BCUT2D eigenvalue weighted by molar-refractivity contribution is 7.15. The zero-order valence-electron chi connectivity index (χ0n) is 10.6. The Labute approximate surface area is 115 Å². The number of thiophene rings is 1. The summed E-state index contributed by atoms with van der Waals surface area (Å²) in [4.78, 5) is 25.3. The van der Waals surface area contributed by atoms with Gasteiger partial charge in [0.25, 0.3) is 5.91 Å². The average molecular weight is 284 g/mol. The van der Waals surface area contributed by atoms with Crippen molar-refractivity contribution in [3.8, 4) is 0 Å². The number of carbonyl (C=O) groups excluding carboxylic acids is 1. The second-order valence-electron chi connectivity index (χ2n) is 4.43. The van der Waals surface area contributed by atoms with Crippen LogP contribution >= 0.6 is 11.3 Å². The molecule has 1 aromatic heterocycles. The topological polar surface area (TPSA) is 78.9 Å². The van der Waals surface area contributed by atoms with Crippen LogP contribution in [0.1, 0.15) is 19.3 Å². The Bertz CT molecular complexity index is 474. The summed E-state index contributed by atoms with van der Waals surface area (Å²) < 4.78 is 5.53. The third-order valence-electron chi connectivity index (χ3n) is 2.87. The number of rotatable bonds is 4. The molecule has 2 N–H and O–H groups in total. The summed E-state index contributed by atoms with van der Waals surface area (Å²) in [6, 6.07) is 2.96. The van der Waals surface area contributed by atoms with Gasteiger partial charge in [-0.3, -0.25) is 4.79 Å². The molecule has 0 spiro atoms. The van der Waals surface area contributed by atoms with E-state index in [4.69, 9.17) is 9.84 Å². The standard InChI is InChI=1S/C12H16N2O4S/c1-14-4-5-18-8(7-14)6-13-11(15)9-2-3-10(19-9)12(16)17/h2-3,8H,4-7H2,1H3,(H,13,15)(H,16,17). The molecule has 0 saturated carbocycles. The summed E-state index contributed by atoms with van der Waals surface area (Å²) in [6.07, 6.45) is -0.0124. The van der Waals surface area contributed by atoms with E-state index in [-0.39, 0.29) is 16.9 Å². The van der Waals surface area contributed by atoms with Crippen LogP contribution in [0.3, 0.4) is 0 Å². The molecule has 0 aliphatic carbocycles. The number of carboxylic acid groups (broad SMARTS) is 1. The Kier molecular flexibility index (Phi) is 4.52. The van der Waals surface area contributed by atoms with Crippen molar-refractivity contribution in [2.75, 3.05) is 33.3 Å². The van der Waals surface area contributed by atoms with Crippen molar-refractivity contribution in [2.24, 2.45) is 0 Å². The molecular weight excluding hydrogens is 268 g/mol. The summed E-state index contributed by atoms with van der Waals surface area (Å²) in [7, 11) is 2.01.